The van der Waals surface area contributed by atoms with Crippen LogP contribution in [0.2, 0.25) is 0 Å². The summed E-state index contributed by atoms with van der Waals surface area (Å²) in [5.74, 6) is 0. The first kappa shape index (κ1) is 13.5. The van der Waals surface area contributed by atoms with Crippen LogP contribution in [0, 0.1) is 4.91 Å². The third-order valence-corrected chi connectivity index (χ3v) is 4.22. The zero-order valence-corrected chi connectivity index (χ0v) is 12.4. The number of hydrogen-bond acceptors (Lipinski definition) is 3. The van der Waals surface area contributed by atoms with Gasteiger partial charge in [-0.05, 0) is 38.9 Å². The number of nitroso groups, excluding NO2 is 1. The van der Waals surface area contributed by atoms with Gasteiger partial charge >= 0.3 is 0 Å². The molecular formula is C20H14N2O. The van der Waals surface area contributed by atoms with Crippen molar-refractivity contribution in [2.45, 2.75) is 0 Å². The Morgan fingerprint density at radius 3 is 1.87 bits per heavy atom. The van der Waals surface area contributed by atoms with Crippen molar-refractivity contribution >= 4 is 32.9 Å². The molecule has 0 aliphatic heterocycles. The molecule has 3 nitrogen and oxygen atoms in total. The Hall–Kier alpha value is -3.20. The van der Waals surface area contributed by atoms with Crippen molar-refractivity contribution in [3.63, 3.8) is 0 Å². The Labute approximate surface area is 133 Å². The number of nitrogens with two attached hydrogens (primary N) is 1. The van der Waals surface area contributed by atoms with Crippen molar-refractivity contribution in [2.24, 2.45) is 5.18 Å². The highest BCUT2D eigenvalue weighted by atomic mass is 16.3. The molecule has 3 heteroatoms. The first-order valence-corrected chi connectivity index (χ1v) is 7.42. The fourth-order valence-corrected chi connectivity index (χ4v) is 3.17. The van der Waals surface area contributed by atoms with Gasteiger partial charge in [0.2, 0.25) is 0 Å². The lowest BCUT2D eigenvalue weighted by molar-refractivity contribution is 1.51. The van der Waals surface area contributed by atoms with E-state index in [9.17, 15) is 4.91 Å². The van der Waals surface area contributed by atoms with Gasteiger partial charge in [0.05, 0.1) is 0 Å². The highest BCUT2D eigenvalue weighted by Gasteiger charge is 2.16. The topological polar surface area (TPSA) is 55.4 Å². The summed E-state index contributed by atoms with van der Waals surface area (Å²) in [6.07, 6.45) is 0. The molecule has 0 heterocycles. The van der Waals surface area contributed by atoms with Gasteiger partial charge in [0, 0.05) is 16.8 Å². The van der Waals surface area contributed by atoms with E-state index in [1.807, 2.05) is 66.7 Å². The Bertz CT molecular complexity index is 1050. The van der Waals surface area contributed by atoms with Gasteiger partial charge in [-0.1, -0.05) is 60.7 Å². The molecule has 0 fully saturated rings. The van der Waals surface area contributed by atoms with Crippen LogP contribution in [0.1, 0.15) is 0 Å². The number of benzene rings is 4. The molecule has 0 spiro atoms. The lowest BCUT2D eigenvalue weighted by atomic mass is 9.91. The van der Waals surface area contributed by atoms with Crippen LogP contribution in [-0.2, 0) is 0 Å². The number of rotatable bonds is 2. The van der Waals surface area contributed by atoms with Gasteiger partial charge < -0.3 is 5.73 Å². The normalized spacial score (nSPS) is 11.0. The monoisotopic (exact) mass is 298 g/mol. The van der Waals surface area contributed by atoms with E-state index in [2.05, 4.69) is 5.18 Å². The fraction of sp³-hybridized carbons (Fsp3) is 0. The first-order chi connectivity index (χ1) is 11.3. The second-order valence-electron chi connectivity index (χ2n) is 5.52. The predicted octanol–water partition coefficient (Wildman–Crippen LogP) is 5.64. The molecule has 0 saturated heterocycles. The Morgan fingerprint density at radius 1 is 0.652 bits per heavy atom. The minimum absolute atomic E-state index is 0.409. The molecule has 0 bridgehead atoms. The Kier molecular flexibility index (Phi) is 3.05. The van der Waals surface area contributed by atoms with Crippen molar-refractivity contribution < 1.29 is 0 Å². The van der Waals surface area contributed by atoms with Crippen molar-refractivity contribution in [3.05, 3.63) is 77.7 Å². The summed E-state index contributed by atoms with van der Waals surface area (Å²) in [6.45, 7) is 0. The number of hydrogen-bond donors (Lipinski definition) is 1. The van der Waals surface area contributed by atoms with Gasteiger partial charge in [0.25, 0.3) is 0 Å². The molecule has 0 aliphatic rings. The lowest BCUT2D eigenvalue weighted by Gasteiger charge is -2.14. The number of nitrogen functional groups attached to an aromatic ring is 1. The van der Waals surface area contributed by atoms with Crippen molar-refractivity contribution in [2.75, 3.05) is 5.73 Å². The van der Waals surface area contributed by atoms with Gasteiger partial charge in [0.1, 0.15) is 5.69 Å². The standard InChI is InChI=1S/C20H14N2O/c21-17-11-9-13-5-1-3-7-15(13)19(17)20-16-8-4-2-6-14(16)10-12-18(20)22-23/h1-12H,21H2. The van der Waals surface area contributed by atoms with Crippen LogP contribution in [0.15, 0.2) is 78.0 Å². The maximum Gasteiger partial charge on any atom is 0.116 e. The summed E-state index contributed by atoms with van der Waals surface area (Å²) in [5, 5.41) is 7.38. The van der Waals surface area contributed by atoms with E-state index in [1.54, 1.807) is 6.07 Å². The second-order valence-corrected chi connectivity index (χ2v) is 5.52. The third kappa shape index (κ3) is 2.06. The lowest BCUT2D eigenvalue weighted by Crippen LogP contribution is -1.93. The fourth-order valence-electron chi connectivity index (χ4n) is 3.17. The minimum atomic E-state index is 0.409. The zero-order valence-electron chi connectivity index (χ0n) is 12.4. The van der Waals surface area contributed by atoms with E-state index < -0.39 is 0 Å². The van der Waals surface area contributed by atoms with Crippen LogP contribution in [-0.4, -0.2) is 0 Å². The molecule has 4 aromatic rings. The Morgan fingerprint density at radius 2 is 1.22 bits per heavy atom. The number of fused-ring (bicyclic) bond motifs is 2. The van der Waals surface area contributed by atoms with Crippen molar-refractivity contribution in [3.8, 4) is 11.1 Å². The van der Waals surface area contributed by atoms with Crippen molar-refractivity contribution in [1.82, 2.24) is 0 Å². The summed E-state index contributed by atoms with van der Waals surface area (Å²) >= 11 is 0. The highest BCUT2D eigenvalue weighted by molar-refractivity contribution is 6.12. The zero-order chi connectivity index (χ0) is 15.8. The van der Waals surface area contributed by atoms with E-state index in [1.165, 1.54) is 0 Å². The largest absolute Gasteiger partial charge is 0.398 e. The van der Waals surface area contributed by atoms with Gasteiger partial charge in [-0.3, -0.25) is 0 Å². The van der Waals surface area contributed by atoms with Crippen molar-refractivity contribution in [1.29, 1.82) is 0 Å². The molecule has 0 amide bonds. The molecular weight excluding hydrogens is 284 g/mol. The van der Waals surface area contributed by atoms with Gasteiger partial charge in [-0.25, -0.2) is 0 Å². The SMILES string of the molecule is Nc1ccc2ccccc2c1-c1c(N=O)ccc2ccccc12. The van der Waals surface area contributed by atoms with Crippen LogP contribution in [0.4, 0.5) is 11.4 Å². The summed E-state index contributed by atoms with van der Waals surface area (Å²) in [5.41, 5.74) is 9.01. The number of nitrogens with zero attached hydrogens (tertiary/aromatic N) is 1. The molecule has 4 rings (SSSR count). The quantitative estimate of drug-likeness (QED) is 0.384. The molecule has 0 unspecified atom stereocenters. The molecule has 0 saturated carbocycles. The van der Waals surface area contributed by atoms with Gasteiger partial charge in [0.15, 0.2) is 0 Å². The first-order valence-electron chi connectivity index (χ1n) is 7.42. The predicted molar refractivity (Wildman–Crippen MR) is 96.8 cm³/mol. The van der Waals surface area contributed by atoms with Gasteiger partial charge in [-0.15, -0.1) is 4.91 Å². The summed E-state index contributed by atoms with van der Waals surface area (Å²) in [4.78, 5) is 11.4. The molecule has 0 atom stereocenters. The van der Waals surface area contributed by atoms with E-state index in [0.717, 1.165) is 32.7 Å². The highest BCUT2D eigenvalue weighted by Crippen LogP contribution is 2.43. The summed E-state index contributed by atoms with van der Waals surface area (Å²) in [7, 11) is 0. The molecule has 0 aromatic heterocycles. The van der Waals surface area contributed by atoms with E-state index in [4.69, 9.17) is 5.73 Å². The maximum absolute atomic E-state index is 11.4. The van der Waals surface area contributed by atoms with E-state index in [-0.39, 0.29) is 0 Å². The average molecular weight is 298 g/mol. The molecule has 0 aliphatic carbocycles. The van der Waals surface area contributed by atoms with Crippen LogP contribution < -0.4 is 5.73 Å². The third-order valence-electron chi connectivity index (χ3n) is 4.22. The van der Waals surface area contributed by atoms with Crippen LogP contribution in [0.5, 0.6) is 0 Å². The minimum Gasteiger partial charge on any atom is -0.398 e. The molecule has 0 radical (unpaired) electrons. The Balaban J connectivity index is 2.23. The molecule has 110 valence electrons. The van der Waals surface area contributed by atoms with Crippen LogP contribution in [0.25, 0.3) is 32.7 Å². The van der Waals surface area contributed by atoms with Gasteiger partial charge in [-0.2, -0.15) is 0 Å². The van der Waals surface area contributed by atoms with E-state index >= 15 is 0 Å². The van der Waals surface area contributed by atoms with Crippen LogP contribution in [0.3, 0.4) is 0 Å². The number of anilines is 1. The molecule has 23 heavy (non-hydrogen) atoms. The second kappa shape index (κ2) is 5.21. The average Bonchev–Trinajstić information content (AvgIpc) is 2.61. The van der Waals surface area contributed by atoms with Crippen LogP contribution >= 0.6 is 0 Å². The van der Waals surface area contributed by atoms with E-state index in [0.29, 0.717) is 11.4 Å². The smallest absolute Gasteiger partial charge is 0.116 e. The maximum atomic E-state index is 11.4. The summed E-state index contributed by atoms with van der Waals surface area (Å²) in [6, 6.07) is 23.5. The summed E-state index contributed by atoms with van der Waals surface area (Å²) < 4.78 is 0. The molecule has 2 N–H and O–H groups in total. The molecule has 4 aromatic carbocycles.